The zero-order chi connectivity index (χ0) is 21.8. The SMILES string of the molecule is CC(C)c1cc(C(C)C)c(S(=O)OCCC(C)(O)c2ccccc2)c(C(C)C)c1. The quantitative estimate of drug-likeness (QED) is 0.515. The van der Waals surface area contributed by atoms with E-state index in [-0.39, 0.29) is 18.4 Å². The lowest BCUT2D eigenvalue weighted by Crippen LogP contribution is -2.23. The molecule has 160 valence electrons. The first kappa shape index (κ1) is 23.8. The molecule has 0 aliphatic rings. The first-order valence-corrected chi connectivity index (χ1v) is 11.6. The molecule has 0 saturated heterocycles. The second-order valence-electron chi connectivity index (χ2n) is 8.94. The van der Waals surface area contributed by atoms with Crippen molar-refractivity contribution in [2.24, 2.45) is 0 Å². The summed E-state index contributed by atoms with van der Waals surface area (Å²) in [5.74, 6) is 0.914. The van der Waals surface area contributed by atoms with Gasteiger partial charge in [-0.15, -0.1) is 0 Å². The van der Waals surface area contributed by atoms with Gasteiger partial charge in [0.15, 0.2) is 11.1 Å². The molecule has 2 atom stereocenters. The molecule has 0 fully saturated rings. The highest BCUT2D eigenvalue weighted by molar-refractivity contribution is 7.80. The largest absolute Gasteiger partial charge is 0.385 e. The lowest BCUT2D eigenvalue weighted by Gasteiger charge is -2.24. The fraction of sp³-hybridized carbons (Fsp3) is 0.520. The molecule has 29 heavy (non-hydrogen) atoms. The van der Waals surface area contributed by atoms with Crippen LogP contribution in [0.3, 0.4) is 0 Å². The predicted molar refractivity (Wildman–Crippen MR) is 122 cm³/mol. The lowest BCUT2D eigenvalue weighted by molar-refractivity contribution is 0.0351. The minimum Gasteiger partial charge on any atom is -0.385 e. The Morgan fingerprint density at radius 1 is 0.931 bits per heavy atom. The number of hydrogen-bond donors (Lipinski definition) is 1. The molecule has 0 spiro atoms. The summed E-state index contributed by atoms with van der Waals surface area (Å²) in [6.07, 6.45) is 0.376. The summed E-state index contributed by atoms with van der Waals surface area (Å²) in [7, 11) is 0. The van der Waals surface area contributed by atoms with Gasteiger partial charge in [0.2, 0.25) is 0 Å². The molecule has 3 nitrogen and oxygen atoms in total. The van der Waals surface area contributed by atoms with Crippen LogP contribution in [0.5, 0.6) is 0 Å². The summed E-state index contributed by atoms with van der Waals surface area (Å²) in [4.78, 5) is 0.804. The molecule has 2 rings (SSSR count). The van der Waals surface area contributed by atoms with Crippen LogP contribution in [0.15, 0.2) is 47.4 Å². The van der Waals surface area contributed by atoms with E-state index in [4.69, 9.17) is 4.18 Å². The molecule has 0 amide bonds. The Kier molecular flexibility index (Phi) is 8.21. The van der Waals surface area contributed by atoms with E-state index in [1.807, 2.05) is 30.3 Å². The van der Waals surface area contributed by atoms with Crippen LogP contribution in [0.2, 0.25) is 0 Å². The summed E-state index contributed by atoms with van der Waals surface area (Å²) in [5, 5.41) is 10.8. The van der Waals surface area contributed by atoms with Crippen molar-refractivity contribution < 1.29 is 13.5 Å². The standard InChI is InChI=1S/C25H36O3S/c1-17(2)20-15-22(18(3)4)24(23(16-20)19(5)6)29(27)28-14-13-25(7,26)21-11-9-8-10-12-21/h8-12,15-19,26H,13-14H2,1-7H3. The van der Waals surface area contributed by atoms with E-state index < -0.39 is 16.7 Å². The molecule has 0 aromatic heterocycles. The summed E-state index contributed by atoms with van der Waals surface area (Å²) in [5.41, 5.74) is 3.27. The number of aliphatic hydroxyl groups is 1. The molecule has 2 aromatic carbocycles. The van der Waals surface area contributed by atoms with Gasteiger partial charge in [0.1, 0.15) is 0 Å². The van der Waals surface area contributed by atoms with E-state index in [9.17, 15) is 9.32 Å². The van der Waals surface area contributed by atoms with Gasteiger partial charge < -0.3 is 5.11 Å². The van der Waals surface area contributed by atoms with Crippen LogP contribution in [0.25, 0.3) is 0 Å². The molecule has 2 aromatic rings. The van der Waals surface area contributed by atoms with Crippen LogP contribution < -0.4 is 0 Å². The molecule has 0 radical (unpaired) electrons. The van der Waals surface area contributed by atoms with Gasteiger partial charge in [-0.3, -0.25) is 4.18 Å². The third-order valence-electron chi connectivity index (χ3n) is 5.42. The van der Waals surface area contributed by atoms with Gasteiger partial charge in [-0.05, 0) is 46.9 Å². The third-order valence-corrected chi connectivity index (χ3v) is 6.61. The molecule has 4 heteroatoms. The lowest BCUT2D eigenvalue weighted by atomic mass is 9.89. The Hall–Kier alpha value is -1.49. The van der Waals surface area contributed by atoms with Gasteiger partial charge in [-0.2, -0.15) is 0 Å². The van der Waals surface area contributed by atoms with Crippen molar-refractivity contribution in [2.45, 2.75) is 83.1 Å². The third kappa shape index (κ3) is 6.00. The first-order chi connectivity index (χ1) is 13.5. The van der Waals surface area contributed by atoms with E-state index >= 15 is 0 Å². The van der Waals surface area contributed by atoms with Gasteiger partial charge in [0.05, 0.1) is 17.1 Å². The highest BCUT2D eigenvalue weighted by Crippen LogP contribution is 2.35. The van der Waals surface area contributed by atoms with Crippen molar-refractivity contribution in [1.82, 2.24) is 0 Å². The fourth-order valence-corrected chi connectivity index (χ4v) is 4.73. The minimum absolute atomic E-state index is 0.218. The molecule has 0 saturated carbocycles. The maximum atomic E-state index is 13.2. The minimum atomic E-state index is -1.57. The molecule has 0 aliphatic heterocycles. The van der Waals surface area contributed by atoms with Crippen LogP contribution in [-0.4, -0.2) is 15.9 Å². The van der Waals surface area contributed by atoms with Crippen LogP contribution >= 0.6 is 0 Å². The average Bonchev–Trinajstić information content (AvgIpc) is 2.67. The number of rotatable bonds is 9. The fourth-order valence-electron chi connectivity index (χ4n) is 3.40. The van der Waals surface area contributed by atoms with Crippen molar-refractivity contribution in [2.75, 3.05) is 6.61 Å². The number of hydrogen-bond acceptors (Lipinski definition) is 3. The number of benzene rings is 2. The molecule has 1 N–H and O–H groups in total. The molecular formula is C25H36O3S. The van der Waals surface area contributed by atoms with E-state index in [0.717, 1.165) is 21.6 Å². The smallest absolute Gasteiger partial charge is 0.189 e. The van der Waals surface area contributed by atoms with Gasteiger partial charge in [0, 0.05) is 6.42 Å². The van der Waals surface area contributed by atoms with E-state index in [2.05, 4.69) is 53.7 Å². The zero-order valence-corrected chi connectivity index (χ0v) is 19.7. The normalized spacial score (nSPS) is 15.1. The van der Waals surface area contributed by atoms with Gasteiger partial charge in [-0.1, -0.05) is 84.0 Å². The molecule has 0 bridgehead atoms. The van der Waals surface area contributed by atoms with Crippen LogP contribution in [0, 0.1) is 0 Å². The Morgan fingerprint density at radius 2 is 1.45 bits per heavy atom. The topological polar surface area (TPSA) is 46.5 Å². The Morgan fingerprint density at radius 3 is 1.90 bits per heavy atom. The second-order valence-corrected chi connectivity index (χ2v) is 10.1. The first-order valence-electron chi connectivity index (χ1n) is 10.5. The van der Waals surface area contributed by atoms with Gasteiger partial charge in [0.25, 0.3) is 0 Å². The van der Waals surface area contributed by atoms with Crippen LogP contribution in [0.1, 0.15) is 94.9 Å². The summed E-state index contributed by atoms with van der Waals surface area (Å²) < 4.78 is 19.0. The zero-order valence-electron chi connectivity index (χ0n) is 18.9. The van der Waals surface area contributed by atoms with Crippen molar-refractivity contribution in [3.05, 3.63) is 64.7 Å². The maximum Gasteiger partial charge on any atom is 0.189 e. The van der Waals surface area contributed by atoms with Crippen molar-refractivity contribution >= 4 is 11.1 Å². The molecule has 0 heterocycles. The second kappa shape index (κ2) is 10.0. The van der Waals surface area contributed by atoms with E-state index in [0.29, 0.717) is 12.3 Å². The summed E-state index contributed by atoms with van der Waals surface area (Å²) in [6.45, 7) is 14.9. The predicted octanol–water partition coefficient (Wildman–Crippen LogP) is 6.39. The van der Waals surface area contributed by atoms with E-state index in [1.54, 1.807) is 6.92 Å². The highest BCUT2D eigenvalue weighted by atomic mass is 32.2. The summed E-state index contributed by atoms with van der Waals surface area (Å²) in [6, 6.07) is 13.9. The van der Waals surface area contributed by atoms with E-state index in [1.165, 1.54) is 5.56 Å². The Labute approximate surface area is 179 Å². The molecule has 0 aliphatic carbocycles. The molecular weight excluding hydrogens is 380 g/mol. The Balaban J connectivity index is 2.25. The maximum absolute atomic E-state index is 13.2. The summed E-state index contributed by atoms with van der Waals surface area (Å²) >= 11 is -1.57. The van der Waals surface area contributed by atoms with Crippen LogP contribution in [-0.2, 0) is 20.9 Å². The van der Waals surface area contributed by atoms with Gasteiger partial charge >= 0.3 is 0 Å². The van der Waals surface area contributed by atoms with Crippen molar-refractivity contribution in [3.8, 4) is 0 Å². The Bertz CT molecular complexity index is 794. The van der Waals surface area contributed by atoms with Crippen molar-refractivity contribution in [3.63, 3.8) is 0 Å². The molecule has 2 unspecified atom stereocenters. The average molecular weight is 417 g/mol. The van der Waals surface area contributed by atoms with Crippen LogP contribution in [0.4, 0.5) is 0 Å². The van der Waals surface area contributed by atoms with Crippen molar-refractivity contribution in [1.29, 1.82) is 0 Å². The highest BCUT2D eigenvalue weighted by Gasteiger charge is 2.25. The monoisotopic (exact) mass is 416 g/mol. The van der Waals surface area contributed by atoms with Gasteiger partial charge in [-0.25, -0.2) is 4.21 Å².